The van der Waals surface area contributed by atoms with Crippen molar-refractivity contribution in [1.29, 1.82) is 0 Å². The van der Waals surface area contributed by atoms with Crippen molar-refractivity contribution in [3.8, 4) is 0 Å². The molecule has 1 aliphatic carbocycles. The Morgan fingerprint density at radius 3 is 1.97 bits per heavy atom. The van der Waals surface area contributed by atoms with Crippen LogP contribution in [0.1, 0.15) is 73.6 Å². The van der Waals surface area contributed by atoms with E-state index >= 15 is 0 Å². The number of amides is 3. The Balaban J connectivity index is 3.00. The van der Waals surface area contributed by atoms with E-state index < -0.39 is 42.4 Å². The second-order valence-electron chi connectivity index (χ2n) is 8.39. The first-order valence-electron chi connectivity index (χ1n) is 10.5. The highest BCUT2D eigenvalue weighted by Crippen LogP contribution is 2.20. The summed E-state index contributed by atoms with van der Waals surface area (Å²) in [5, 5.41) is 14.5. The first-order chi connectivity index (χ1) is 13.5. The molecular formula is C20H37N3O6. The number of hydrazine groups is 1. The highest BCUT2D eigenvalue weighted by atomic mass is 16.6. The average molecular weight is 416 g/mol. The van der Waals surface area contributed by atoms with Gasteiger partial charge < -0.3 is 19.9 Å². The van der Waals surface area contributed by atoms with Gasteiger partial charge in [-0.15, -0.1) is 0 Å². The topological polar surface area (TPSA) is 117 Å². The zero-order valence-electron chi connectivity index (χ0n) is 18.4. The Bertz CT molecular complexity index is 546. The van der Waals surface area contributed by atoms with Crippen LogP contribution in [0.15, 0.2) is 0 Å². The van der Waals surface area contributed by atoms with Gasteiger partial charge in [-0.25, -0.2) is 20.0 Å². The van der Waals surface area contributed by atoms with E-state index in [1.165, 1.54) is 0 Å². The Hall–Kier alpha value is -2.03. The number of nitrogens with zero attached hydrogens (tertiary/aromatic N) is 1. The quantitative estimate of drug-likeness (QED) is 0.551. The summed E-state index contributed by atoms with van der Waals surface area (Å²) in [4.78, 5) is 37.4. The molecule has 0 spiro atoms. The predicted molar refractivity (Wildman–Crippen MR) is 108 cm³/mol. The van der Waals surface area contributed by atoms with Crippen LogP contribution in [0.3, 0.4) is 0 Å². The molecule has 1 saturated carbocycles. The van der Waals surface area contributed by atoms with Gasteiger partial charge in [-0.3, -0.25) is 4.79 Å². The van der Waals surface area contributed by atoms with Crippen molar-refractivity contribution in [1.82, 2.24) is 15.8 Å². The minimum Gasteiger partial charge on any atom is -0.446 e. The van der Waals surface area contributed by atoms with Crippen LogP contribution in [0.2, 0.25) is 0 Å². The zero-order chi connectivity index (χ0) is 22.1. The zero-order valence-corrected chi connectivity index (χ0v) is 18.4. The lowest BCUT2D eigenvalue weighted by Gasteiger charge is -2.36. The summed E-state index contributed by atoms with van der Waals surface area (Å²) in [7, 11) is 0. The minimum atomic E-state index is -1.55. The molecule has 9 heteroatoms. The molecule has 9 nitrogen and oxygen atoms in total. The fourth-order valence-electron chi connectivity index (χ4n) is 3.33. The van der Waals surface area contributed by atoms with Crippen molar-refractivity contribution in [3.05, 3.63) is 0 Å². The fraction of sp³-hybridized carbons (Fsp3) is 0.850. The van der Waals surface area contributed by atoms with Gasteiger partial charge >= 0.3 is 12.2 Å². The van der Waals surface area contributed by atoms with Gasteiger partial charge in [0.2, 0.25) is 0 Å². The number of carbonyl (C=O) groups is 3. The summed E-state index contributed by atoms with van der Waals surface area (Å²) in [6.07, 6.45) is 0.787. The van der Waals surface area contributed by atoms with Crippen LogP contribution in [0.4, 0.5) is 9.59 Å². The third-order valence-corrected chi connectivity index (χ3v) is 4.61. The minimum absolute atomic E-state index is 0.00800. The molecule has 3 N–H and O–H groups in total. The normalized spacial score (nSPS) is 17.0. The number of hydrogen-bond acceptors (Lipinski definition) is 6. The summed E-state index contributed by atoms with van der Waals surface area (Å²) in [6.45, 7) is 10.2. The number of hydrogen-bond donors (Lipinski definition) is 3. The van der Waals surface area contributed by atoms with Crippen LogP contribution >= 0.6 is 0 Å². The van der Waals surface area contributed by atoms with Crippen molar-refractivity contribution >= 4 is 18.1 Å². The molecule has 1 rings (SSSR count). The van der Waals surface area contributed by atoms with E-state index in [0.29, 0.717) is 0 Å². The summed E-state index contributed by atoms with van der Waals surface area (Å²) in [5.41, 5.74) is 2.33. The summed E-state index contributed by atoms with van der Waals surface area (Å²) < 4.78 is 10.2. The Labute approximate surface area is 173 Å². The molecule has 29 heavy (non-hydrogen) atoms. The molecule has 0 aromatic heterocycles. The second-order valence-corrected chi connectivity index (χ2v) is 8.39. The lowest BCUT2D eigenvalue weighted by molar-refractivity contribution is -0.135. The van der Waals surface area contributed by atoms with E-state index in [-0.39, 0.29) is 12.0 Å². The molecule has 2 atom stereocenters. The van der Waals surface area contributed by atoms with Gasteiger partial charge in [0.05, 0.1) is 18.2 Å². The summed E-state index contributed by atoms with van der Waals surface area (Å²) >= 11 is 0. The molecular weight excluding hydrogens is 378 g/mol. The number of ether oxygens (including phenoxy) is 2. The molecule has 1 unspecified atom stereocenters. The van der Waals surface area contributed by atoms with Crippen molar-refractivity contribution in [3.63, 3.8) is 0 Å². The summed E-state index contributed by atoms with van der Waals surface area (Å²) in [5.74, 6) is -0.932. The number of rotatable bonds is 7. The van der Waals surface area contributed by atoms with Crippen molar-refractivity contribution < 1.29 is 29.0 Å². The molecule has 1 aliphatic rings. The van der Waals surface area contributed by atoms with Crippen molar-refractivity contribution in [2.75, 3.05) is 0 Å². The van der Waals surface area contributed by atoms with E-state index in [9.17, 15) is 19.5 Å². The second kappa shape index (κ2) is 11.8. The first kappa shape index (κ1) is 25.0. The van der Waals surface area contributed by atoms with E-state index in [1.807, 2.05) is 0 Å². The largest absolute Gasteiger partial charge is 0.446 e. The van der Waals surface area contributed by atoms with E-state index in [4.69, 9.17) is 9.47 Å². The molecule has 0 aromatic rings. The molecule has 168 valence electrons. The number of aliphatic hydroxyl groups excluding tert-OH is 1. The standard InChI is InChI=1S/C20H37N3O6/c1-12(2)16(17(24)18(25)21-15-10-8-7-9-11-15)23(20(27)29-14(5)6)22-19(26)28-13(3)4/h12-17,24H,7-11H2,1-6H3,(H,21,25)(H,22,26)/t16-,17?/m1/s1. The van der Waals surface area contributed by atoms with E-state index in [1.54, 1.807) is 41.5 Å². The third kappa shape index (κ3) is 8.47. The molecule has 0 bridgehead atoms. The van der Waals surface area contributed by atoms with Crippen LogP contribution in [0.5, 0.6) is 0 Å². The maximum atomic E-state index is 12.7. The Morgan fingerprint density at radius 2 is 1.48 bits per heavy atom. The van der Waals surface area contributed by atoms with Gasteiger partial charge in [0.25, 0.3) is 5.91 Å². The first-order valence-corrected chi connectivity index (χ1v) is 10.5. The Kier molecular flexibility index (Phi) is 10.2. The van der Waals surface area contributed by atoms with Gasteiger partial charge in [0, 0.05) is 6.04 Å². The molecule has 0 aromatic carbocycles. The van der Waals surface area contributed by atoms with E-state index in [0.717, 1.165) is 37.1 Å². The highest BCUT2D eigenvalue weighted by Gasteiger charge is 2.39. The number of nitrogens with one attached hydrogen (secondary N) is 2. The highest BCUT2D eigenvalue weighted by molar-refractivity contribution is 5.83. The van der Waals surface area contributed by atoms with Crippen molar-refractivity contribution in [2.45, 2.75) is 104 Å². The molecule has 0 radical (unpaired) electrons. The average Bonchev–Trinajstić information content (AvgIpc) is 2.60. The number of carbonyl (C=O) groups excluding carboxylic acids is 3. The maximum Gasteiger partial charge on any atom is 0.429 e. The molecule has 0 saturated heterocycles. The molecule has 0 heterocycles. The monoisotopic (exact) mass is 415 g/mol. The van der Waals surface area contributed by atoms with Gasteiger partial charge in [-0.2, -0.15) is 0 Å². The SMILES string of the molecule is CC(C)OC(=O)NN(C(=O)OC(C)C)[C@H](C(C)C)C(O)C(=O)NC1CCCCC1. The van der Waals surface area contributed by atoms with Crippen LogP contribution in [-0.4, -0.2) is 58.6 Å². The van der Waals surface area contributed by atoms with Crippen LogP contribution in [0.25, 0.3) is 0 Å². The predicted octanol–water partition coefficient (Wildman–Crippen LogP) is 2.72. The van der Waals surface area contributed by atoms with E-state index in [2.05, 4.69) is 10.7 Å². The van der Waals surface area contributed by atoms with Gasteiger partial charge in [0.15, 0.2) is 6.10 Å². The van der Waals surface area contributed by atoms with Crippen molar-refractivity contribution in [2.24, 2.45) is 5.92 Å². The van der Waals surface area contributed by atoms with Gasteiger partial charge in [-0.05, 0) is 46.5 Å². The smallest absolute Gasteiger partial charge is 0.429 e. The van der Waals surface area contributed by atoms with Crippen LogP contribution in [-0.2, 0) is 14.3 Å². The van der Waals surface area contributed by atoms with Gasteiger partial charge in [0.1, 0.15) is 0 Å². The van der Waals surface area contributed by atoms with Crippen LogP contribution < -0.4 is 10.7 Å². The lowest BCUT2D eigenvalue weighted by Crippen LogP contribution is -2.62. The molecule has 1 fully saturated rings. The molecule has 3 amide bonds. The fourth-order valence-corrected chi connectivity index (χ4v) is 3.33. The van der Waals surface area contributed by atoms with Crippen LogP contribution in [0, 0.1) is 5.92 Å². The molecule has 0 aliphatic heterocycles. The van der Waals surface area contributed by atoms with Gasteiger partial charge in [-0.1, -0.05) is 33.1 Å². The summed E-state index contributed by atoms with van der Waals surface area (Å²) in [6, 6.07) is -1.03. The Morgan fingerprint density at radius 1 is 0.931 bits per heavy atom. The third-order valence-electron chi connectivity index (χ3n) is 4.61. The maximum absolute atomic E-state index is 12.7. The number of aliphatic hydroxyl groups is 1. The lowest BCUT2D eigenvalue weighted by atomic mass is 9.93.